The molecule has 2 N–H and O–H groups in total. The van der Waals surface area contributed by atoms with Crippen molar-refractivity contribution in [1.29, 1.82) is 0 Å². The summed E-state index contributed by atoms with van der Waals surface area (Å²) >= 11 is 0. The number of hydrogen-bond acceptors (Lipinski definition) is 4. The quantitative estimate of drug-likeness (QED) is 0.674. The molecule has 1 aromatic rings. The van der Waals surface area contributed by atoms with E-state index >= 15 is 0 Å². The lowest BCUT2D eigenvalue weighted by Gasteiger charge is -2.15. The van der Waals surface area contributed by atoms with Crippen molar-refractivity contribution < 1.29 is 9.90 Å². The Morgan fingerprint density at radius 2 is 2.17 bits per heavy atom. The first-order valence-electron chi connectivity index (χ1n) is 5.69. The van der Waals surface area contributed by atoms with E-state index < -0.39 is 17.2 Å². The lowest BCUT2D eigenvalue weighted by Crippen LogP contribution is -2.30. The van der Waals surface area contributed by atoms with E-state index in [1.54, 1.807) is 0 Å². The van der Waals surface area contributed by atoms with Gasteiger partial charge in [0, 0.05) is 25.4 Å². The Bertz CT molecular complexity index is 506. The number of carbonyl (C=O) groups is 1. The van der Waals surface area contributed by atoms with Gasteiger partial charge in [0.05, 0.1) is 6.42 Å². The first-order chi connectivity index (χ1) is 8.49. The number of hydrogen-bond donors (Lipinski definition) is 2. The van der Waals surface area contributed by atoms with E-state index in [2.05, 4.69) is 4.98 Å². The maximum atomic E-state index is 11.3. The summed E-state index contributed by atoms with van der Waals surface area (Å²) in [5.74, 6) is -0.821. The minimum absolute atomic E-state index is 0.106. The van der Waals surface area contributed by atoms with Crippen LogP contribution in [-0.2, 0) is 11.3 Å². The Kier molecular flexibility index (Phi) is 5.31. The number of carboxylic acid groups (broad SMARTS) is 1. The first kappa shape index (κ1) is 14.2. The summed E-state index contributed by atoms with van der Waals surface area (Å²) in [6.45, 7) is 1.67. The predicted octanol–water partition coefficient (Wildman–Crippen LogP) is -0.667. The molecule has 1 rings (SSSR count). The Balaban J connectivity index is 2.35. The van der Waals surface area contributed by atoms with Gasteiger partial charge < -0.3 is 14.6 Å². The lowest BCUT2D eigenvalue weighted by molar-refractivity contribution is -0.137. The summed E-state index contributed by atoms with van der Waals surface area (Å²) in [6, 6.07) is 1.30. The molecule has 0 bridgehead atoms. The van der Waals surface area contributed by atoms with Crippen molar-refractivity contribution in [3.63, 3.8) is 0 Å². The number of carboxylic acids is 1. The van der Waals surface area contributed by atoms with Crippen molar-refractivity contribution in [1.82, 2.24) is 14.5 Å². The van der Waals surface area contributed by atoms with Crippen LogP contribution in [0.5, 0.6) is 0 Å². The zero-order valence-corrected chi connectivity index (χ0v) is 10.3. The summed E-state index contributed by atoms with van der Waals surface area (Å²) in [6.07, 6.45) is 2.27. The van der Waals surface area contributed by atoms with Crippen LogP contribution in [0.15, 0.2) is 21.9 Å². The highest BCUT2D eigenvalue weighted by molar-refractivity contribution is 5.66. The number of aromatic amines is 1. The minimum Gasteiger partial charge on any atom is -0.481 e. The highest BCUT2D eigenvalue weighted by atomic mass is 16.4. The topological polar surface area (TPSA) is 95.4 Å². The van der Waals surface area contributed by atoms with E-state index in [4.69, 9.17) is 5.11 Å². The van der Waals surface area contributed by atoms with Gasteiger partial charge in [-0.25, -0.2) is 4.79 Å². The van der Waals surface area contributed by atoms with Gasteiger partial charge in [-0.05, 0) is 20.0 Å². The monoisotopic (exact) mass is 255 g/mol. The fraction of sp³-hybridized carbons (Fsp3) is 0.545. The molecule has 0 aromatic carbocycles. The molecule has 0 radical (unpaired) electrons. The molecule has 0 aliphatic carbocycles. The predicted molar refractivity (Wildman–Crippen MR) is 65.7 cm³/mol. The standard InChI is InChI=1S/C11H17N3O4/c1-13(7-4-10(16)17)5-2-6-14-8-3-9(15)12-11(14)18/h3,8H,2,4-7H2,1H3,(H,16,17)(H,12,15,18). The van der Waals surface area contributed by atoms with Crippen molar-refractivity contribution in [2.24, 2.45) is 0 Å². The van der Waals surface area contributed by atoms with Gasteiger partial charge in [-0.2, -0.15) is 0 Å². The van der Waals surface area contributed by atoms with Crippen LogP contribution in [-0.4, -0.2) is 45.7 Å². The number of nitrogens with one attached hydrogen (secondary N) is 1. The molecule has 0 unspecified atom stereocenters. The van der Waals surface area contributed by atoms with Crippen LogP contribution < -0.4 is 11.2 Å². The minimum atomic E-state index is -0.821. The van der Waals surface area contributed by atoms with Crippen molar-refractivity contribution in [2.45, 2.75) is 19.4 Å². The van der Waals surface area contributed by atoms with Crippen LogP contribution in [0.4, 0.5) is 0 Å². The van der Waals surface area contributed by atoms with Crippen LogP contribution in [0.2, 0.25) is 0 Å². The van der Waals surface area contributed by atoms with Gasteiger partial charge in [-0.15, -0.1) is 0 Å². The smallest absolute Gasteiger partial charge is 0.328 e. The van der Waals surface area contributed by atoms with Gasteiger partial charge in [0.15, 0.2) is 0 Å². The Labute approximate surface area is 104 Å². The molecule has 0 amide bonds. The van der Waals surface area contributed by atoms with Gasteiger partial charge in [0.2, 0.25) is 0 Å². The molecule has 0 fully saturated rings. The maximum absolute atomic E-state index is 11.3. The van der Waals surface area contributed by atoms with Crippen LogP contribution in [0.25, 0.3) is 0 Å². The summed E-state index contributed by atoms with van der Waals surface area (Å²) in [4.78, 5) is 36.6. The highest BCUT2D eigenvalue weighted by Gasteiger charge is 2.03. The number of aryl methyl sites for hydroxylation is 1. The van der Waals surface area contributed by atoms with Crippen LogP contribution >= 0.6 is 0 Å². The molecule has 7 nitrogen and oxygen atoms in total. The molecule has 1 heterocycles. The normalized spacial score (nSPS) is 10.8. The van der Waals surface area contributed by atoms with Crippen molar-refractivity contribution >= 4 is 5.97 Å². The number of aromatic nitrogens is 2. The third-order valence-corrected chi connectivity index (χ3v) is 2.54. The molecule has 0 spiro atoms. The fourth-order valence-electron chi connectivity index (χ4n) is 1.53. The van der Waals surface area contributed by atoms with Crippen molar-refractivity contribution in [2.75, 3.05) is 20.1 Å². The second-order valence-corrected chi connectivity index (χ2v) is 4.10. The second-order valence-electron chi connectivity index (χ2n) is 4.10. The molecule has 0 aliphatic heterocycles. The van der Waals surface area contributed by atoms with Gasteiger partial charge in [-0.1, -0.05) is 0 Å². The van der Waals surface area contributed by atoms with Crippen molar-refractivity contribution in [3.8, 4) is 0 Å². The summed E-state index contributed by atoms with van der Waals surface area (Å²) in [5.41, 5.74) is -0.828. The average molecular weight is 255 g/mol. The van der Waals surface area contributed by atoms with E-state index in [1.807, 2.05) is 11.9 Å². The molecule has 100 valence electrons. The fourth-order valence-corrected chi connectivity index (χ4v) is 1.53. The molecule has 7 heteroatoms. The Morgan fingerprint density at radius 3 is 2.78 bits per heavy atom. The van der Waals surface area contributed by atoms with E-state index in [-0.39, 0.29) is 6.42 Å². The number of rotatable bonds is 7. The second kappa shape index (κ2) is 6.75. The molecule has 1 aromatic heterocycles. The van der Waals surface area contributed by atoms with Crippen molar-refractivity contribution in [3.05, 3.63) is 33.1 Å². The zero-order valence-electron chi connectivity index (χ0n) is 10.3. The molecular formula is C11H17N3O4. The summed E-state index contributed by atoms with van der Waals surface area (Å²) in [5, 5.41) is 8.52. The largest absolute Gasteiger partial charge is 0.481 e. The maximum Gasteiger partial charge on any atom is 0.328 e. The third kappa shape index (κ3) is 4.96. The van der Waals surface area contributed by atoms with Crippen LogP contribution in [0.3, 0.4) is 0 Å². The molecule has 0 atom stereocenters. The molecule has 0 saturated heterocycles. The van der Waals surface area contributed by atoms with E-state index in [1.165, 1.54) is 16.8 Å². The summed E-state index contributed by atoms with van der Waals surface area (Å²) < 4.78 is 1.42. The highest BCUT2D eigenvalue weighted by Crippen LogP contribution is 1.92. The zero-order chi connectivity index (χ0) is 13.5. The molecule has 18 heavy (non-hydrogen) atoms. The average Bonchev–Trinajstić information content (AvgIpc) is 2.29. The SMILES string of the molecule is CN(CCCn1ccc(=O)[nH]c1=O)CCC(=O)O. The summed E-state index contributed by atoms with van der Waals surface area (Å²) in [7, 11) is 1.83. The third-order valence-electron chi connectivity index (χ3n) is 2.54. The number of aliphatic carboxylic acids is 1. The van der Waals surface area contributed by atoms with E-state index in [0.29, 0.717) is 26.1 Å². The van der Waals surface area contributed by atoms with Crippen LogP contribution in [0, 0.1) is 0 Å². The van der Waals surface area contributed by atoms with E-state index in [0.717, 1.165) is 0 Å². The van der Waals surface area contributed by atoms with Gasteiger partial charge >= 0.3 is 11.7 Å². The van der Waals surface area contributed by atoms with Crippen LogP contribution in [0.1, 0.15) is 12.8 Å². The van der Waals surface area contributed by atoms with Gasteiger partial charge in [0.25, 0.3) is 5.56 Å². The number of nitrogens with zero attached hydrogens (tertiary/aromatic N) is 2. The first-order valence-corrected chi connectivity index (χ1v) is 5.69. The Hall–Kier alpha value is -1.89. The van der Waals surface area contributed by atoms with Gasteiger partial charge in [0.1, 0.15) is 0 Å². The lowest BCUT2D eigenvalue weighted by atomic mass is 10.3. The molecular weight excluding hydrogens is 238 g/mol. The Morgan fingerprint density at radius 1 is 1.44 bits per heavy atom. The number of H-pyrrole nitrogens is 1. The van der Waals surface area contributed by atoms with E-state index in [9.17, 15) is 14.4 Å². The molecule has 0 saturated carbocycles. The van der Waals surface area contributed by atoms with Gasteiger partial charge in [-0.3, -0.25) is 14.6 Å². The molecule has 0 aliphatic rings.